The van der Waals surface area contributed by atoms with E-state index in [1.807, 2.05) is 11.3 Å². The maximum absolute atomic E-state index is 4.91. The highest BCUT2D eigenvalue weighted by atomic mass is 32.1. The summed E-state index contributed by atoms with van der Waals surface area (Å²) >= 11 is 1.88. The average molecular weight is 311 g/mol. The number of nitrogens with one attached hydrogen (secondary N) is 1. The first-order valence-corrected chi connectivity index (χ1v) is 8.97. The molecule has 2 heterocycles. The molecule has 4 nitrogen and oxygen atoms in total. The summed E-state index contributed by atoms with van der Waals surface area (Å²) in [4.78, 5) is 11.2. The van der Waals surface area contributed by atoms with Gasteiger partial charge in [-0.2, -0.15) is 0 Å². The number of nitrogens with zero attached hydrogens (tertiary/aromatic N) is 3. The lowest BCUT2D eigenvalue weighted by atomic mass is 10.2. The fraction of sp³-hybridized carbons (Fsp3) is 0.812. The molecule has 5 heteroatoms. The Bertz CT molecular complexity index is 443. The number of hydrogen-bond acceptors (Lipinski definition) is 5. The zero-order chi connectivity index (χ0) is 15.4. The van der Waals surface area contributed by atoms with Crippen LogP contribution in [-0.2, 0) is 13.0 Å². The molecule has 0 radical (unpaired) electrons. The van der Waals surface area contributed by atoms with Crippen molar-refractivity contribution >= 4 is 16.5 Å². The fourth-order valence-electron chi connectivity index (χ4n) is 2.81. The van der Waals surface area contributed by atoms with Crippen LogP contribution >= 0.6 is 11.3 Å². The highest BCUT2D eigenvalue weighted by molar-refractivity contribution is 7.15. The third-order valence-electron chi connectivity index (χ3n) is 4.02. The van der Waals surface area contributed by atoms with Crippen LogP contribution in [0.1, 0.15) is 38.3 Å². The van der Waals surface area contributed by atoms with Gasteiger partial charge in [-0.15, -0.1) is 11.3 Å². The highest BCUT2D eigenvalue weighted by Crippen LogP contribution is 2.29. The highest BCUT2D eigenvalue weighted by Gasteiger charge is 2.25. The van der Waals surface area contributed by atoms with Crippen molar-refractivity contribution in [3.05, 3.63) is 10.6 Å². The molecule has 1 aromatic rings. The van der Waals surface area contributed by atoms with E-state index in [0.29, 0.717) is 12.0 Å². The van der Waals surface area contributed by atoms with Gasteiger partial charge in [0.05, 0.1) is 5.69 Å². The van der Waals surface area contributed by atoms with E-state index >= 15 is 0 Å². The number of rotatable bonds is 6. The molecule has 2 rings (SSSR count). The maximum Gasteiger partial charge on any atom is 0.186 e. The summed E-state index contributed by atoms with van der Waals surface area (Å²) in [6.07, 6.45) is 1.03. The lowest BCUT2D eigenvalue weighted by Gasteiger charge is -2.38. The molecule has 1 aromatic heterocycles. The van der Waals surface area contributed by atoms with Gasteiger partial charge in [0.25, 0.3) is 0 Å². The molecule has 0 saturated carbocycles. The number of thiazole rings is 1. The third kappa shape index (κ3) is 4.41. The second-order valence-corrected chi connectivity index (χ2v) is 7.61. The van der Waals surface area contributed by atoms with Crippen molar-refractivity contribution in [2.45, 2.75) is 46.7 Å². The van der Waals surface area contributed by atoms with Gasteiger partial charge in [0.15, 0.2) is 5.13 Å². The van der Waals surface area contributed by atoms with Gasteiger partial charge < -0.3 is 15.1 Å². The van der Waals surface area contributed by atoms with E-state index in [1.54, 1.807) is 0 Å². The Morgan fingerprint density at radius 1 is 1.38 bits per heavy atom. The van der Waals surface area contributed by atoms with Crippen molar-refractivity contribution in [2.75, 3.05) is 38.1 Å². The van der Waals surface area contributed by atoms with Gasteiger partial charge in [0, 0.05) is 37.1 Å². The molecule has 1 fully saturated rings. The minimum atomic E-state index is 0.552. The summed E-state index contributed by atoms with van der Waals surface area (Å²) in [6, 6.07) is 0.552. The van der Waals surface area contributed by atoms with Crippen molar-refractivity contribution in [1.29, 1.82) is 0 Å². The lowest BCUT2D eigenvalue weighted by Crippen LogP contribution is -2.50. The van der Waals surface area contributed by atoms with Gasteiger partial charge >= 0.3 is 0 Å². The molecule has 0 spiro atoms. The molecule has 0 amide bonds. The summed E-state index contributed by atoms with van der Waals surface area (Å²) in [6.45, 7) is 14.4. The van der Waals surface area contributed by atoms with Crippen LogP contribution in [0.3, 0.4) is 0 Å². The Labute approximate surface area is 133 Å². The second kappa shape index (κ2) is 7.56. The predicted molar refractivity (Wildman–Crippen MR) is 92.3 cm³/mol. The first-order chi connectivity index (χ1) is 10.0. The molecule has 21 heavy (non-hydrogen) atoms. The quantitative estimate of drug-likeness (QED) is 0.875. The molecule has 1 aliphatic heterocycles. The van der Waals surface area contributed by atoms with E-state index in [0.717, 1.165) is 39.1 Å². The molecular formula is C16H30N4S. The Balaban J connectivity index is 2.05. The Morgan fingerprint density at radius 3 is 2.76 bits per heavy atom. The Hall–Kier alpha value is -0.650. The zero-order valence-electron chi connectivity index (χ0n) is 14.1. The van der Waals surface area contributed by atoms with Gasteiger partial charge in [0.1, 0.15) is 0 Å². The number of anilines is 1. The molecule has 120 valence electrons. The molecule has 1 aliphatic rings. The van der Waals surface area contributed by atoms with Crippen LogP contribution in [0.5, 0.6) is 0 Å². The molecule has 0 bridgehead atoms. The van der Waals surface area contributed by atoms with Crippen molar-refractivity contribution in [3.63, 3.8) is 0 Å². The van der Waals surface area contributed by atoms with Crippen LogP contribution in [0.25, 0.3) is 0 Å². The fourth-order valence-corrected chi connectivity index (χ4v) is 4.05. The molecule has 1 unspecified atom stereocenters. The standard InChI is InChI=1S/C16H30N4S/c1-6-14-15(10-17-9-12(2)3)21-16(18-14)20-8-7-19(5)11-13(20)4/h12-13,17H,6-11H2,1-5H3. The van der Waals surface area contributed by atoms with E-state index in [-0.39, 0.29) is 0 Å². The van der Waals surface area contributed by atoms with Gasteiger partial charge in [0.2, 0.25) is 0 Å². The maximum atomic E-state index is 4.91. The molecule has 0 aliphatic carbocycles. The van der Waals surface area contributed by atoms with Crippen LogP contribution in [0.4, 0.5) is 5.13 Å². The van der Waals surface area contributed by atoms with Crippen LogP contribution < -0.4 is 10.2 Å². The van der Waals surface area contributed by atoms with Crippen molar-refractivity contribution in [1.82, 2.24) is 15.2 Å². The van der Waals surface area contributed by atoms with E-state index in [1.165, 1.54) is 15.7 Å². The predicted octanol–water partition coefficient (Wildman–Crippen LogP) is 2.59. The van der Waals surface area contributed by atoms with Crippen molar-refractivity contribution < 1.29 is 0 Å². The number of aryl methyl sites for hydroxylation is 1. The van der Waals surface area contributed by atoms with Crippen LogP contribution in [0.2, 0.25) is 0 Å². The van der Waals surface area contributed by atoms with Gasteiger partial charge in [-0.3, -0.25) is 0 Å². The average Bonchev–Trinajstić information content (AvgIpc) is 2.81. The first-order valence-electron chi connectivity index (χ1n) is 8.15. The Kier molecular flexibility index (Phi) is 6.02. The second-order valence-electron chi connectivity index (χ2n) is 6.55. The van der Waals surface area contributed by atoms with Gasteiger partial charge in [-0.1, -0.05) is 20.8 Å². The molecule has 0 aromatic carbocycles. The first kappa shape index (κ1) is 16.7. The van der Waals surface area contributed by atoms with E-state index < -0.39 is 0 Å². The summed E-state index contributed by atoms with van der Waals surface area (Å²) in [5, 5.41) is 4.77. The summed E-state index contributed by atoms with van der Waals surface area (Å²) < 4.78 is 0. The SMILES string of the molecule is CCc1nc(N2CCN(C)CC2C)sc1CNCC(C)C. The summed E-state index contributed by atoms with van der Waals surface area (Å²) in [5.41, 5.74) is 1.28. The van der Waals surface area contributed by atoms with Gasteiger partial charge in [-0.05, 0) is 32.9 Å². The molecule has 1 atom stereocenters. The molecule has 1 saturated heterocycles. The number of likely N-dealkylation sites (N-methyl/N-ethyl adjacent to an activating group) is 1. The molecular weight excluding hydrogens is 280 g/mol. The summed E-state index contributed by atoms with van der Waals surface area (Å²) in [5.74, 6) is 0.695. The van der Waals surface area contributed by atoms with E-state index in [4.69, 9.17) is 4.98 Å². The topological polar surface area (TPSA) is 31.4 Å². The van der Waals surface area contributed by atoms with E-state index in [2.05, 4.69) is 49.9 Å². The minimum Gasteiger partial charge on any atom is -0.343 e. The van der Waals surface area contributed by atoms with Crippen molar-refractivity contribution in [2.24, 2.45) is 5.92 Å². The van der Waals surface area contributed by atoms with Crippen molar-refractivity contribution in [3.8, 4) is 0 Å². The number of piperazine rings is 1. The van der Waals surface area contributed by atoms with E-state index in [9.17, 15) is 0 Å². The van der Waals surface area contributed by atoms with Crippen LogP contribution in [-0.4, -0.2) is 49.2 Å². The smallest absolute Gasteiger partial charge is 0.186 e. The normalized spacial score (nSPS) is 20.5. The monoisotopic (exact) mass is 310 g/mol. The Morgan fingerprint density at radius 2 is 2.14 bits per heavy atom. The number of aromatic nitrogens is 1. The largest absolute Gasteiger partial charge is 0.343 e. The van der Waals surface area contributed by atoms with Crippen LogP contribution in [0, 0.1) is 5.92 Å². The lowest BCUT2D eigenvalue weighted by molar-refractivity contribution is 0.275. The minimum absolute atomic E-state index is 0.552. The zero-order valence-corrected chi connectivity index (χ0v) is 15.0. The molecule has 1 N–H and O–H groups in total. The third-order valence-corrected chi connectivity index (χ3v) is 5.15. The van der Waals surface area contributed by atoms with Gasteiger partial charge in [-0.25, -0.2) is 4.98 Å². The summed E-state index contributed by atoms with van der Waals surface area (Å²) in [7, 11) is 2.20. The number of hydrogen-bond donors (Lipinski definition) is 1. The van der Waals surface area contributed by atoms with Crippen LogP contribution in [0.15, 0.2) is 0 Å².